The number of alkyl halides is 3. The van der Waals surface area contributed by atoms with Crippen LogP contribution in [0.5, 0.6) is 0 Å². The number of anilines is 1. The second-order valence-corrected chi connectivity index (χ2v) is 5.55. The van der Waals surface area contributed by atoms with Gasteiger partial charge in [0.25, 0.3) is 5.91 Å². The maximum atomic E-state index is 12.5. The fraction of sp³-hybridized carbons (Fsp3) is 0.385. The summed E-state index contributed by atoms with van der Waals surface area (Å²) in [7, 11) is 0. The van der Waals surface area contributed by atoms with Crippen LogP contribution in [-0.2, 0) is 12.6 Å². The fourth-order valence-corrected chi connectivity index (χ4v) is 2.49. The van der Waals surface area contributed by atoms with Crippen LogP contribution in [-0.4, -0.2) is 40.5 Å². The normalized spacial score (nSPS) is 11.3. The summed E-state index contributed by atoms with van der Waals surface area (Å²) in [4.78, 5) is 23.0. The number of thiazole rings is 1. The smallest absolute Gasteiger partial charge is 0.352 e. The van der Waals surface area contributed by atoms with Gasteiger partial charge < -0.3 is 16.4 Å². The van der Waals surface area contributed by atoms with Crippen LogP contribution in [0.4, 0.5) is 19.1 Å². The summed E-state index contributed by atoms with van der Waals surface area (Å²) < 4.78 is 37.6. The van der Waals surface area contributed by atoms with Gasteiger partial charge in [-0.3, -0.25) is 4.79 Å². The number of nitrogens with two attached hydrogens (primary N) is 1. The summed E-state index contributed by atoms with van der Waals surface area (Å²) in [5.74, 6) is -0.515. The minimum Gasteiger partial charge on any atom is -0.352 e. The average molecular weight is 360 g/mol. The summed E-state index contributed by atoms with van der Waals surface area (Å²) >= 11 is 1.35. The van der Waals surface area contributed by atoms with Gasteiger partial charge >= 0.3 is 6.18 Å². The van der Waals surface area contributed by atoms with Crippen molar-refractivity contribution in [3.63, 3.8) is 0 Å². The number of aromatic nitrogens is 3. The average Bonchev–Trinajstić information content (AvgIpc) is 3.00. The van der Waals surface area contributed by atoms with Gasteiger partial charge in [0.2, 0.25) is 5.95 Å². The SMILES string of the molecule is NCCc1nc(C(=O)NCCNc2nccc(C(F)(F)F)n2)cs1. The zero-order chi connectivity index (χ0) is 17.6. The lowest BCUT2D eigenvalue weighted by atomic mass is 10.4. The molecule has 0 aliphatic heterocycles. The molecule has 0 spiro atoms. The molecular weight excluding hydrogens is 345 g/mol. The number of nitrogens with one attached hydrogen (secondary N) is 2. The molecule has 1 amide bonds. The van der Waals surface area contributed by atoms with Crippen molar-refractivity contribution in [1.29, 1.82) is 0 Å². The monoisotopic (exact) mass is 360 g/mol. The van der Waals surface area contributed by atoms with Crippen molar-refractivity contribution in [2.75, 3.05) is 25.0 Å². The van der Waals surface area contributed by atoms with Crippen LogP contribution in [0, 0.1) is 0 Å². The highest BCUT2D eigenvalue weighted by molar-refractivity contribution is 7.09. The van der Waals surface area contributed by atoms with Gasteiger partial charge in [-0.2, -0.15) is 13.2 Å². The highest BCUT2D eigenvalue weighted by Crippen LogP contribution is 2.27. The number of hydrogen-bond donors (Lipinski definition) is 3. The lowest BCUT2D eigenvalue weighted by Crippen LogP contribution is -2.29. The Morgan fingerprint density at radius 1 is 1.29 bits per heavy atom. The van der Waals surface area contributed by atoms with Crippen LogP contribution in [0.2, 0.25) is 0 Å². The Morgan fingerprint density at radius 3 is 2.79 bits per heavy atom. The van der Waals surface area contributed by atoms with E-state index in [0.717, 1.165) is 17.3 Å². The molecule has 0 bridgehead atoms. The van der Waals surface area contributed by atoms with Crippen molar-refractivity contribution in [2.24, 2.45) is 5.73 Å². The minimum absolute atomic E-state index is 0.155. The molecule has 0 saturated carbocycles. The number of rotatable bonds is 7. The van der Waals surface area contributed by atoms with E-state index in [1.165, 1.54) is 11.3 Å². The summed E-state index contributed by atoms with van der Waals surface area (Å²) in [6.07, 6.45) is -2.91. The third kappa shape index (κ3) is 5.13. The molecule has 7 nitrogen and oxygen atoms in total. The Balaban J connectivity index is 1.79. The van der Waals surface area contributed by atoms with E-state index in [1.807, 2.05) is 0 Å². The highest BCUT2D eigenvalue weighted by Gasteiger charge is 2.32. The molecule has 11 heteroatoms. The minimum atomic E-state index is -4.53. The fourth-order valence-electron chi connectivity index (χ4n) is 1.70. The number of nitrogens with zero attached hydrogens (tertiary/aromatic N) is 3. The van der Waals surface area contributed by atoms with E-state index in [4.69, 9.17) is 5.73 Å². The van der Waals surface area contributed by atoms with Gasteiger partial charge in [0.1, 0.15) is 11.4 Å². The molecule has 0 atom stereocenters. The third-order valence-corrected chi connectivity index (χ3v) is 3.69. The standard InChI is InChI=1S/C13H15F3N6OS/c14-13(15,16)9-2-4-19-12(22-9)20-6-5-18-11(23)8-7-24-10(21-8)1-3-17/h2,4,7H,1,3,5-6,17H2,(H,18,23)(H,19,20,22). The van der Waals surface area contributed by atoms with E-state index in [1.54, 1.807) is 5.38 Å². The molecule has 0 aromatic carbocycles. The molecule has 2 aromatic rings. The van der Waals surface area contributed by atoms with Gasteiger partial charge in [-0.25, -0.2) is 15.0 Å². The zero-order valence-corrected chi connectivity index (χ0v) is 13.2. The molecule has 0 aliphatic carbocycles. The molecule has 2 aromatic heterocycles. The molecule has 4 N–H and O–H groups in total. The van der Waals surface area contributed by atoms with E-state index in [2.05, 4.69) is 25.6 Å². The van der Waals surface area contributed by atoms with Gasteiger partial charge in [0.05, 0.1) is 5.01 Å². The molecule has 0 saturated heterocycles. The van der Waals surface area contributed by atoms with Crippen LogP contribution >= 0.6 is 11.3 Å². The number of hydrogen-bond acceptors (Lipinski definition) is 7. The number of amides is 1. The summed E-state index contributed by atoms with van der Waals surface area (Å²) in [6, 6.07) is 0.786. The van der Waals surface area contributed by atoms with Crippen molar-refractivity contribution in [3.05, 3.63) is 34.0 Å². The van der Waals surface area contributed by atoms with Crippen molar-refractivity contribution in [1.82, 2.24) is 20.3 Å². The van der Waals surface area contributed by atoms with E-state index in [-0.39, 0.29) is 24.9 Å². The Morgan fingerprint density at radius 2 is 2.08 bits per heavy atom. The third-order valence-electron chi connectivity index (χ3n) is 2.78. The molecule has 2 heterocycles. The molecule has 0 unspecified atom stereocenters. The van der Waals surface area contributed by atoms with E-state index in [9.17, 15) is 18.0 Å². The largest absolute Gasteiger partial charge is 0.433 e. The molecule has 0 radical (unpaired) electrons. The van der Waals surface area contributed by atoms with Crippen molar-refractivity contribution in [2.45, 2.75) is 12.6 Å². The van der Waals surface area contributed by atoms with Crippen LogP contribution in [0.25, 0.3) is 0 Å². The van der Waals surface area contributed by atoms with Crippen molar-refractivity contribution >= 4 is 23.2 Å². The molecule has 130 valence electrons. The first-order valence-corrected chi connectivity index (χ1v) is 7.85. The Labute approximate surface area is 139 Å². The molecule has 2 rings (SSSR count). The van der Waals surface area contributed by atoms with E-state index in [0.29, 0.717) is 18.7 Å². The Bertz CT molecular complexity index is 690. The second kappa shape index (κ2) is 8.02. The van der Waals surface area contributed by atoms with Crippen LogP contribution in [0.15, 0.2) is 17.6 Å². The highest BCUT2D eigenvalue weighted by atomic mass is 32.1. The van der Waals surface area contributed by atoms with Crippen molar-refractivity contribution < 1.29 is 18.0 Å². The van der Waals surface area contributed by atoms with Gasteiger partial charge in [-0.05, 0) is 12.6 Å². The van der Waals surface area contributed by atoms with Crippen LogP contribution in [0.1, 0.15) is 21.2 Å². The van der Waals surface area contributed by atoms with E-state index < -0.39 is 11.9 Å². The maximum absolute atomic E-state index is 12.5. The molecule has 0 aliphatic rings. The Kier molecular flexibility index (Phi) is 6.04. The van der Waals surface area contributed by atoms with Crippen LogP contribution in [0.3, 0.4) is 0 Å². The van der Waals surface area contributed by atoms with Crippen molar-refractivity contribution in [3.8, 4) is 0 Å². The first-order chi connectivity index (χ1) is 11.4. The first-order valence-electron chi connectivity index (χ1n) is 6.97. The molecule has 24 heavy (non-hydrogen) atoms. The molecular formula is C13H15F3N6OS. The number of halogens is 3. The first kappa shape index (κ1) is 18.1. The lowest BCUT2D eigenvalue weighted by molar-refractivity contribution is -0.141. The second-order valence-electron chi connectivity index (χ2n) is 4.61. The van der Waals surface area contributed by atoms with Crippen LogP contribution < -0.4 is 16.4 Å². The quantitative estimate of drug-likeness (QED) is 0.643. The number of carbonyl (C=O) groups excluding carboxylic acids is 1. The predicted octanol–water partition coefficient (Wildman–Crippen LogP) is 1.29. The maximum Gasteiger partial charge on any atom is 0.433 e. The summed E-state index contributed by atoms with van der Waals surface area (Å²) in [6.45, 7) is 0.810. The van der Waals surface area contributed by atoms with Gasteiger partial charge in [0.15, 0.2) is 0 Å². The Hall–Kier alpha value is -2.27. The molecule has 0 fully saturated rings. The zero-order valence-electron chi connectivity index (χ0n) is 12.4. The lowest BCUT2D eigenvalue weighted by Gasteiger charge is -2.08. The summed E-state index contributed by atoms with van der Waals surface area (Å²) in [5, 5.41) is 7.63. The predicted molar refractivity (Wildman–Crippen MR) is 82.7 cm³/mol. The number of carbonyl (C=O) groups is 1. The van der Waals surface area contributed by atoms with Gasteiger partial charge in [-0.15, -0.1) is 11.3 Å². The van der Waals surface area contributed by atoms with Gasteiger partial charge in [0, 0.05) is 31.1 Å². The summed E-state index contributed by atoms with van der Waals surface area (Å²) in [5.41, 5.74) is 4.67. The van der Waals surface area contributed by atoms with Gasteiger partial charge in [-0.1, -0.05) is 0 Å². The van der Waals surface area contributed by atoms with E-state index >= 15 is 0 Å². The topological polar surface area (TPSA) is 106 Å².